The van der Waals surface area contributed by atoms with Gasteiger partial charge in [0.1, 0.15) is 23.2 Å². The molecule has 200 valence electrons. The molecular formula is C26H30FN7O4. The first-order valence-corrected chi connectivity index (χ1v) is 12.3. The van der Waals surface area contributed by atoms with Gasteiger partial charge in [-0.3, -0.25) is 4.40 Å². The summed E-state index contributed by atoms with van der Waals surface area (Å²) >= 11 is 0. The Labute approximate surface area is 218 Å². The molecule has 0 unspecified atom stereocenters. The van der Waals surface area contributed by atoms with Crippen molar-refractivity contribution >= 4 is 40.4 Å². The van der Waals surface area contributed by atoms with Crippen LogP contribution in [-0.4, -0.2) is 47.3 Å². The van der Waals surface area contributed by atoms with Gasteiger partial charge < -0.3 is 19.8 Å². The number of nitrogens with zero attached hydrogens (tertiary/aromatic N) is 6. The van der Waals surface area contributed by atoms with Crippen LogP contribution in [0.4, 0.5) is 25.5 Å². The molecule has 0 aliphatic heterocycles. The fraction of sp³-hybridized carbons (Fsp3) is 0.423. The topological polar surface area (TPSA) is 130 Å². The summed E-state index contributed by atoms with van der Waals surface area (Å²) < 4.78 is 28.9. The highest BCUT2D eigenvalue weighted by molar-refractivity contribution is 6.16. The van der Waals surface area contributed by atoms with Crippen molar-refractivity contribution in [2.45, 2.75) is 71.6 Å². The van der Waals surface area contributed by atoms with Crippen LogP contribution in [0.3, 0.4) is 0 Å². The summed E-state index contributed by atoms with van der Waals surface area (Å²) in [6, 6.07) is 3.53. The molecule has 0 bridgehead atoms. The van der Waals surface area contributed by atoms with Crippen LogP contribution in [0, 0.1) is 5.95 Å². The zero-order valence-electron chi connectivity index (χ0n) is 22.1. The Morgan fingerprint density at radius 3 is 2.21 bits per heavy atom. The van der Waals surface area contributed by atoms with Crippen molar-refractivity contribution in [3.05, 3.63) is 36.8 Å². The quantitative estimate of drug-likeness (QED) is 0.374. The normalized spacial score (nSPS) is 14.2. The highest BCUT2D eigenvalue weighted by Gasteiger charge is 2.37. The number of pyridine rings is 1. The molecule has 4 aromatic rings. The van der Waals surface area contributed by atoms with E-state index in [1.165, 1.54) is 16.9 Å². The van der Waals surface area contributed by atoms with Crippen LogP contribution in [0.5, 0.6) is 0 Å². The average Bonchev–Trinajstić information content (AvgIpc) is 3.43. The maximum absolute atomic E-state index is 14.2. The van der Waals surface area contributed by atoms with Gasteiger partial charge in [-0.05, 0) is 66.5 Å². The van der Waals surface area contributed by atoms with Crippen molar-refractivity contribution in [2.75, 3.05) is 10.6 Å². The third-order valence-corrected chi connectivity index (χ3v) is 5.78. The molecule has 0 aromatic carbocycles. The number of nitrogen functional groups attached to an aromatic ring is 1. The van der Waals surface area contributed by atoms with Gasteiger partial charge in [-0.15, -0.1) is 0 Å². The van der Waals surface area contributed by atoms with Crippen LogP contribution in [0.2, 0.25) is 0 Å². The minimum absolute atomic E-state index is 0.0153. The Bertz CT molecular complexity index is 1550. The largest absolute Gasteiger partial charge is 0.443 e. The Morgan fingerprint density at radius 1 is 1.00 bits per heavy atom. The van der Waals surface area contributed by atoms with Crippen molar-refractivity contribution in [3.8, 4) is 11.3 Å². The van der Waals surface area contributed by atoms with E-state index in [0.717, 1.165) is 17.7 Å². The van der Waals surface area contributed by atoms with Crippen molar-refractivity contribution in [1.82, 2.24) is 23.9 Å². The minimum atomic E-state index is -0.951. The summed E-state index contributed by atoms with van der Waals surface area (Å²) in [5.41, 5.74) is 6.39. The Morgan fingerprint density at radius 2 is 1.63 bits per heavy atom. The van der Waals surface area contributed by atoms with Gasteiger partial charge in [-0.1, -0.05) is 0 Å². The highest BCUT2D eigenvalue weighted by Crippen LogP contribution is 2.43. The number of amides is 2. The molecule has 38 heavy (non-hydrogen) atoms. The second-order valence-corrected chi connectivity index (χ2v) is 11.3. The van der Waals surface area contributed by atoms with E-state index in [1.807, 2.05) is 10.8 Å². The number of ether oxygens (including phenoxy) is 2. The van der Waals surface area contributed by atoms with Gasteiger partial charge in [0.05, 0.1) is 23.0 Å². The molecule has 12 heteroatoms. The molecule has 4 heterocycles. The number of nitrogens with two attached hydrogens (primary N) is 1. The molecule has 0 saturated heterocycles. The molecule has 11 nitrogen and oxygen atoms in total. The highest BCUT2D eigenvalue weighted by atomic mass is 19.1. The lowest BCUT2D eigenvalue weighted by molar-refractivity contribution is 0.0429. The molecule has 0 radical (unpaired) electrons. The summed E-state index contributed by atoms with van der Waals surface area (Å²) in [5.74, 6) is -0.714. The molecule has 1 fully saturated rings. The fourth-order valence-corrected chi connectivity index (χ4v) is 4.21. The number of hydrogen-bond donors (Lipinski definition) is 1. The van der Waals surface area contributed by atoms with Gasteiger partial charge in [-0.25, -0.2) is 19.6 Å². The van der Waals surface area contributed by atoms with Gasteiger partial charge in [0.15, 0.2) is 11.5 Å². The van der Waals surface area contributed by atoms with Crippen molar-refractivity contribution in [1.29, 1.82) is 0 Å². The number of aromatic nitrogens is 5. The number of imide groups is 1. The molecule has 1 saturated carbocycles. The first kappa shape index (κ1) is 25.4. The van der Waals surface area contributed by atoms with Gasteiger partial charge in [0, 0.05) is 17.8 Å². The summed E-state index contributed by atoms with van der Waals surface area (Å²) in [7, 11) is 0. The molecule has 2 N–H and O–H groups in total. The lowest BCUT2D eigenvalue weighted by atomic mass is 10.1. The molecule has 1 aliphatic rings. The van der Waals surface area contributed by atoms with Crippen LogP contribution < -0.4 is 10.6 Å². The number of fused-ring (bicyclic) bond motifs is 2. The second kappa shape index (κ2) is 8.67. The predicted molar refractivity (Wildman–Crippen MR) is 139 cm³/mol. The number of carbonyl (C=O) groups is 2. The summed E-state index contributed by atoms with van der Waals surface area (Å²) in [5, 5.41) is 0.399. The number of halogens is 1. The Balaban J connectivity index is 1.79. The summed E-state index contributed by atoms with van der Waals surface area (Å²) in [4.78, 5) is 40.4. The van der Waals surface area contributed by atoms with Crippen LogP contribution >= 0.6 is 0 Å². The zero-order valence-corrected chi connectivity index (χ0v) is 22.1. The second-order valence-electron chi connectivity index (χ2n) is 11.3. The van der Waals surface area contributed by atoms with E-state index in [-0.39, 0.29) is 17.5 Å². The van der Waals surface area contributed by atoms with Crippen molar-refractivity contribution in [3.63, 3.8) is 0 Å². The van der Waals surface area contributed by atoms with Crippen LogP contribution in [0.15, 0.2) is 30.9 Å². The zero-order chi connectivity index (χ0) is 27.6. The number of anilines is 2. The van der Waals surface area contributed by atoms with Crippen molar-refractivity contribution < 1.29 is 23.5 Å². The SMILES string of the molecule is CC(C)(C)OC(=O)N(C(=O)OC(C)(C)C)c1ncnc2c1c(-c1ccc(N)c3nc(F)cn13)cn2C1CC1. The van der Waals surface area contributed by atoms with E-state index < -0.39 is 29.3 Å². The summed E-state index contributed by atoms with van der Waals surface area (Å²) in [6.07, 6.45) is 4.37. The Kier molecular flexibility index (Phi) is 5.80. The van der Waals surface area contributed by atoms with Crippen LogP contribution in [-0.2, 0) is 9.47 Å². The first-order chi connectivity index (χ1) is 17.7. The third-order valence-electron chi connectivity index (χ3n) is 5.78. The number of imidazole rings is 1. The van der Waals surface area contributed by atoms with Gasteiger partial charge in [-0.2, -0.15) is 14.3 Å². The number of hydrogen-bond acceptors (Lipinski definition) is 8. The number of carbonyl (C=O) groups excluding carboxylic acids is 2. The van der Waals surface area contributed by atoms with Crippen molar-refractivity contribution in [2.24, 2.45) is 0 Å². The van der Waals surface area contributed by atoms with E-state index in [9.17, 15) is 14.0 Å². The van der Waals surface area contributed by atoms with Crippen LogP contribution in [0.25, 0.3) is 27.9 Å². The van der Waals surface area contributed by atoms with E-state index in [2.05, 4.69) is 15.0 Å². The van der Waals surface area contributed by atoms with Gasteiger partial charge in [0.2, 0.25) is 5.95 Å². The van der Waals surface area contributed by atoms with E-state index >= 15 is 0 Å². The van der Waals surface area contributed by atoms with E-state index in [0.29, 0.717) is 28.0 Å². The van der Waals surface area contributed by atoms with Gasteiger partial charge in [0.25, 0.3) is 0 Å². The number of rotatable bonds is 3. The Hall–Kier alpha value is -4.22. The lowest BCUT2D eigenvalue weighted by Crippen LogP contribution is -2.44. The van der Waals surface area contributed by atoms with Crippen LogP contribution in [0.1, 0.15) is 60.4 Å². The molecular weight excluding hydrogens is 493 g/mol. The van der Waals surface area contributed by atoms with Gasteiger partial charge >= 0.3 is 12.2 Å². The molecule has 0 atom stereocenters. The molecule has 0 spiro atoms. The molecule has 1 aliphatic carbocycles. The monoisotopic (exact) mass is 523 g/mol. The standard InChI is InChI=1S/C26H30FN7O4/c1-25(2,3)37-23(35)34(24(36)38-26(4,5)6)22-19-15(11-32(14-7-8-14)21(19)29-13-30-22)17-10-9-16(28)20-31-18(27)12-33(17)20/h9-14H,7-8,28H2,1-6H3. The van der Waals surface area contributed by atoms with E-state index in [1.54, 1.807) is 53.7 Å². The smallest absolute Gasteiger partial charge is 0.425 e. The first-order valence-electron chi connectivity index (χ1n) is 12.3. The maximum Gasteiger partial charge on any atom is 0.425 e. The maximum atomic E-state index is 14.2. The predicted octanol–water partition coefficient (Wildman–Crippen LogP) is 5.48. The molecule has 5 rings (SSSR count). The molecule has 4 aromatic heterocycles. The minimum Gasteiger partial charge on any atom is -0.443 e. The van der Waals surface area contributed by atoms with E-state index in [4.69, 9.17) is 15.2 Å². The fourth-order valence-electron chi connectivity index (χ4n) is 4.21. The average molecular weight is 524 g/mol. The molecule has 2 amide bonds. The summed E-state index contributed by atoms with van der Waals surface area (Å²) in [6.45, 7) is 10.2. The lowest BCUT2D eigenvalue weighted by Gasteiger charge is -2.28. The third kappa shape index (κ3) is 4.73.